The Kier molecular flexibility index (Phi) is 6.03. The zero-order valence-corrected chi connectivity index (χ0v) is 17.6. The minimum absolute atomic E-state index is 0.192. The van der Waals surface area contributed by atoms with Crippen LogP contribution in [0, 0.1) is 11.6 Å². The number of hydrogen-bond acceptors (Lipinski definition) is 4. The van der Waals surface area contributed by atoms with Gasteiger partial charge in [-0.2, -0.15) is 0 Å². The van der Waals surface area contributed by atoms with Crippen molar-refractivity contribution >= 4 is 22.7 Å². The highest BCUT2D eigenvalue weighted by molar-refractivity contribution is 5.98. The first-order valence-corrected chi connectivity index (χ1v) is 10.4. The number of amides is 2. The molecule has 0 saturated carbocycles. The Morgan fingerprint density at radius 2 is 1.84 bits per heavy atom. The fourth-order valence-corrected chi connectivity index (χ4v) is 4.10. The van der Waals surface area contributed by atoms with Crippen LogP contribution in [0.5, 0.6) is 5.75 Å². The summed E-state index contributed by atoms with van der Waals surface area (Å²) in [7, 11) is 0. The molecule has 32 heavy (non-hydrogen) atoms. The molecule has 8 heteroatoms. The summed E-state index contributed by atoms with van der Waals surface area (Å²) in [5, 5.41) is 0.493. The highest BCUT2D eigenvalue weighted by Crippen LogP contribution is 2.31. The minimum Gasteiger partial charge on any atom is -0.481 e. The molecule has 0 unspecified atom stereocenters. The van der Waals surface area contributed by atoms with Gasteiger partial charge in [0.05, 0.1) is 16.8 Å². The Balaban J connectivity index is 1.55. The number of primary amides is 1. The van der Waals surface area contributed by atoms with Gasteiger partial charge >= 0.3 is 0 Å². The van der Waals surface area contributed by atoms with Crippen molar-refractivity contribution in [3.05, 3.63) is 71.4 Å². The van der Waals surface area contributed by atoms with Crippen LogP contribution in [0.2, 0.25) is 0 Å². The lowest BCUT2D eigenvalue weighted by atomic mass is 9.90. The summed E-state index contributed by atoms with van der Waals surface area (Å²) in [4.78, 5) is 31.4. The van der Waals surface area contributed by atoms with Gasteiger partial charge in [0, 0.05) is 24.4 Å². The van der Waals surface area contributed by atoms with Crippen molar-refractivity contribution in [2.75, 3.05) is 13.1 Å². The van der Waals surface area contributed by atoms with Gasteiger partial charge in [0.25, 0.3) is 11.8 Å². The fourth-order valence-electron chi connectivity index (χ4n) is 4.10. The lowest BCUT2D eigenvalue weighted by molar-refractivity contribution is -0.139. The first-order valence-electron chi connectivity index (χ1n) is 10.4. The van der Waals surface area contributed by atoms with E-state index in [1.807, 2.05) is 0 Å². The van der Waals surface area contributed by atoms with E-state index in [9.17, 15) is 18.4 Å². The molecule has 1 fully saturated rings. The molecule has 1 saturated heterocycles. The molecule has 166 valence electrons. The Labute approximate surface area is 184 Å². The van der Waals surface area contributed by atoms with Crippen molar-refractivity contribution in [3.8, 4) is 5.75 Å². The quantitative estimate of drug-likeness (QED) is 0.656. The monoisotopic (exact) mass is 439 g/mol. The fraction of sp³-hybridized carbons (Fsp3) is 0.292. The van der Waals surface area contributed by atoms with Crippen molar-refractivity contribution in [2.24, 2.45) is 5.73 Å². The van der Waals surface area contributed by atoms with Gasteiger partial charge in [-0.3, -0.25) is 14.6 Å². The lowest BCUT2D eigenvalue weighted by Gasteiger charge is -2.34. The molecule has 2 amide bonds. The molecule has 2 atom stereocenters. The summed E-state index contributed by atoms with van der Waals surface area (Å²) in [6.07, 6.45) is 0.695. The molecule has 2 aromatic carbocycles. The van der Waals surface area contributed by atoms with Crippen molar-refractivity contribution < 1.29 is 23.1 Å². The third-order valence-electron chi connectivity index (χ3n) is 5.67. The first kappa shape index (κ1) is 21.7. The molecule has 1 aliphatic heterocycles. The third-order valence-corrected chi connectivity index (χ3v) is 5.67. The molecule has 0 spiro atoms. The van der Waals surface area contributed by atoms with Crippen LogP contribution < -0.4 is 10.5 Å². The van der Waals surface area contributed by atoms with Crippen LogP contribution in [-0.2, 0) is 4.79 Å². The van der Waals surface area contributed by atoms with Crippen LogP contribution in [0.4, 0.5) is 8.78 Å². The van der Waals surface area contributed by atoms with E-state index in [0.29, 0.717) is 35.4 Å². The molecule has 2 heterocycles. The highest BCUT2D eigenvalue weighted by Gasteiger charge is 2.31. The second-order valence-corrected chi connectivity index (χ2v) is 7.96. The molecule has 0 bridgehead atoms. The average molecular weight is 439 g/mol. The average Bonchev–Trinajstić information content (AvgIpc) is 2.79. The number of ether oxygens (including phenoxy) is 1. The van der Waals surface area contributed by atoms with Crippen LogP contribution in [-0.4, -0.2) is 40.9 Å². The van der Waals surface area contributed by atoms with Gasteiger partial charge in [-0.05, 0) is 68.3 Å². The number of benzene rings is 2. The smallest absolute Gasteiger partial charge is 0.263 e. The largest absolute Gasteiger partial charge is 0.481 e. The maximum absolute atomic E-state index is 13.6. The SMILES string of the molecule is C[C@@H](Oc1ccc(F)cc1)C(=O)N1CCC[C@@H](c2nc3ccc(F)cc3cc2C(N)=O)C1. The first-order chi connectivity index (χ1) is 15.3. The number of hydrogen-bond donors (Lipinski definition) is 1. The van der Waals surface area contributed by atoms with E-state index < -0.39 is 17.8 Å². The Morgan fingerprint density at radius 3 is 2.56 bits per heavy atom. The minimum atomic E-state index is -0.762. The van der Waals surface area contributed by atoms with Gasteiger partial charge < -0.3 is 15.4 Å². The number of nitrogens with zero attached hydrogens (tertiary/aromatic N) is 2. The summed E-state index contributed by atoms with van der Waals surface area (Å²) in [5.74, 6) is -1.45. The number of piperidine rings is 1. The van der Waals surface area contributed by atoms with E-state index in [2.05, 4.69) is 4.98 Å². The highest BCUT2D eigenvalue weighted by atomic mass is 19.1. The number of halogens is 2. The Morgan fingerprint density at radius 1 is 1.12 bits per heavy atom. The van der Waals surface area contributed by atoms with Crippen LogP contribution in [0.15, 0.2) is 48.5 Å². The van der Waals surface area contributed by atoms with Gasteiger partial charge in [0.1, 0.15) is 17.4 Å². The Hall–Kier alpha value is -3.55. The number of nitrogens with two attached hydrogens (primary N) is 1. The number of carbonyl (C=O) groups is 2. The molecule has 0 radical (unpaired) electrons. The van der Waals surface area contributed by atoms with Gasteiger partial charge in [0.15, 0.2) is 6.10 Å². The van der Waals surface area contributed by atoms with Crippen molar-refractivity contribution in [1.29, 1.82) is 0 Å². The van der Waals surface area contributed by atoms with Crippen LogP contribution in [0.1, 0.15) is 41.7 Å². The number of pyridine rings is 1. The van der Waals surface area contributed by atoms with E-state index in [1.165, 1.54) is 36.4 Å². The maximum atomic E-state index is 13.6. The van der Waals surface area contributed by atoms with E-state index in [1.54, 1.807) is 24.0 Å². The van der Waals surface area contributed by atoms with Crippen LogP contribution in [0.25, 0.3) is 10.9 Å². The molecule has 1 aromatic heterocycles. The van der Waals surface area contributed by atoms with E-state index >= 15 is 0 Å². The number of carbonyl (C=O) groups excluding carboxylic acids is 2. The predicted octanol–water partition coefficient (Wildman–Crippen LogP) is 3.79. The van der Waals surface area contributed by atoms with Gasteiger partial charge in [0.2, 0.25) is 0 Å². The topological polar surface area (TPSA) is 85.5 Å². The molecule has 6 nitrogen and oxygen atoms in total. The number of aromatic nitrogens is 1. The van der Waals surface area contributed by atoms with Crippen LogP contribution >= 0.6 is 0 Å². The zero-order chi connectivity index (χ0) is 22.8. The van der Waals surface area contributed by atoms with E-state index in [-0.39, 0.29) is 23.2 Å². The summed E-state index contributed by atoms with van der Waals surface area (Å²) < 4.78 is 32.4. The molecule has 0 aliphatic carbocycles. The van der Waals surface area contributed by atoms with Crippen LogP contribution in [0.3, 0.4) is 0 Å². The van der Waals surface area contributed by atoms with Gasteiger partial charge in [-0.1, -0.05) is 0 Å². The number of likely N-dealkylation sites (tertiary alicyclic amines) is 1. The zero-order valence-electron chi connectivity index (χ0n) is 17.6. The number of fused-ring (bicyclic) bond motifs is 1. The predicted molar refractivity (Wildman–Crippen MR) is 115 cm³/mol. The summed E-state index contributed by atoms with van der Waals surface area (Å²) in [6, 6.07) is 11.2. The van der Waals surface area contributed by atoms with Crippen molar-refractivity contribution in [3.63, 3.8) is 0 Å². The molecule has 4 rings (SSSR count). The Bertz CT molecular complexity index is 1170. The summed E-state index contributed by atoms with van der Waals surface area (Å²) in [5.41, 5.74) is 6.90. The van der Waals surface area contributed by atoms with Crippen molar-refractivity contribution in [2.45, 2.75) is 31.8 Å². The van der Waals surface area contributed by atoms with Crippen molar-refractivity contribution in [1.82, 2.24) is 9.88 Å². The van der Waals surface area contributed by atoms with E-state index in [4.69, 9.17) is 10.5 Å². The maximum Gasteiger partial charge on any atom is 0.263 e. The second-order valence-electron chi connectivity index (χ2n) is 7.96. The third kappa shape index (κ3) is 4.54. The summed E-state index contributed by atoms with van der Waals surface area (Å²) >= 11 is 0. The van der Waals surface area contributed by atoms with Gasteiger partial charge in [-0.25, -0.2) is 8.78 Å². The second kappa shape index (κ2) is 8.90. The van der Waals surface area contributed by atoms with Gasteiger partial charge in [-0.15, -0.1) is 0 Å². The standard InChI is InChI=1S/C24H23F2N3O3/c1-14(32-19-7-4-17(25)5-8-19)24(31)29-10-2-3-15(13-29)22-20(23(27)30)12-16-11-18(26)6-9-21(16)28-22/h4-9,11-12,14-15H,2-3,10,13H2,1H3,(H2,27,30)/t14-,15-/m1/s1. The molecule has 2 N–H and O–H groups in total. The molecular formula is C24H23F2N3O3. The lowest BCUT2D eigenvalue weighted by Crippen LogP contribution is -2.45. The normalized spacial score (nSPS) is 17.2. The summed E-state index contributed by atoms with van der Waals surface area (Å²) in [6.45, 7) is 2.56. The number of rotatable bonds is 5. The van der Waals surface area contributed by atoms with E-state index in [0.717, 1.165) is 12.8 Å². The molecular weight excluding hydrogens is 416 g/mol. The molecule has 3 aromatic rings. The molecule has 1 aliphatic rings.